The minimum Gasteiger partial charge on any atom is -0.271 e. The van der Waals surface area contributed by atoms with Crippen molar-refractivity contribution in [2.45, 2.75) is 32.7 Å². The van der Waals surface area contributed by atoms with Crippen molar-refractivity contribution in [1.29, 1.82) is 0 Å². The van der Waals surface area contributed by atoms with Gasteiger partial charge in [0.25, 0.3) is 0 Å². The lowest BCUT2D eigenvalue weighted by molar-refractivity contribution is 0.544. The van der Waals surface area contributed by atoms with Crippen LogP contribution in [0.4, 0.5) is 4.39 Å². The second-order valence-corrected chi connectivity index (χ2v) is 4.92. The van der Waals surface area contributed by atoms with Gasteiger partial charge in [0.1, 0.15) is 5.82 Å². The molecule has 4 heteroatoms. The van der Waals surface area contributed by atoms with Gasteiger partial charge in [-0.2, -0.15) is 0 Å². The lowest BCUT2D eigenvalue weighted by Gasteiger charge is -2.20. The first-order chi connectivity index (χ1) is 9.65. The van der Waals surface area contributed by atoms with E-state index in [2.05, 4.69) is 17.3 Å². The Morgan fingerprint density at radius 3 is 2.75 bits per heavy atom. The highest BCUT2D eigenvalue weighted by molar-refractivity contribution is 5.32. The number of hydrogen-bond donors (Lipinski definition) is 2. The minimum atomic E-state index is -0.207. The maximum absolute atomic E-state index is 13.2. The van der Waals surface area contributed by atoms with Gasteiger partial charge in [0, 0.05) is 12.4 Å². The molecule has 0 aliphatic carbocycles. The van der Waals surface area contributed by atoms with Gasteiger partial charge in [0.05, 0.1) is 6.04 Å². The van der Waals surface area contributed by atoms with Crippen LogP contribution >= 0.6 is 0 Å². The molecule has 1 unspecified atom stereocenters. The number of pyridine rings is 1. The fraction of sp³-hybridized carbons (Fsp3) is 0.312. The smallest absolute Gasteiger partial charge is 0.123 e. The average Bonchev–Trinajstić information content (AvgIpc) is 2.46. The van der Waals surface area contributed by atoms with Crippen LogP contribution in [0.3, 0.4) is 0 Å². The number of hydrogen-bond acceptors (Lipinski definition) is 3. The zero-order chi connectivity index (χ0) is 14.5. The van der Waals surface area contributed by atoms with Crippen molar-refractivity contribution in [3.05, 3.63) is 64.7 Å². The standard InChI is InChI=1S/C16H20FN3/c1-3-12-10-19-7-6-15(12)16(20-18)9-13-4-5-14(17)8-11(13)2/h4-8,10,16,20H,3,9,18H2,1-2H3. The third kappa shape index (κ3) is 3.21. The molecule has 2 aromatic rings. The summed E-state index contributed by atoms with van der Waals surface area (Å²) in [7, 11) is 0. The summed E-state index contributed by atoms with van der Waals surface area (Å²) in [6.07, 6.45) is 5.27. The Labute approximate surface area is 119 Å². The number of nitrogens with one attached hydrogen (secondary N) is 1. The van der Waals surface area contributed by atoms with Crippen LogP contribution in [0.5, 0.6) is 0 Å². The van der Waals surface area contributed by atoms with E-state index in [1.165, 1.54) is 11.6 Å². The summed E-state index contributed by atoms with van der Waals surface area (Å²) < 4.78 is 13.2. The van der Waals surface area contributed by atoms with E-state index >= 15 is 0 Å². The summed E-state index contributed by atoms with van der Waals surface area (Å²) in [4.78, 5) is 4.15. The highest BCUT2D eigenvalue weighted by atomic mass is 19.1. The average molecular weight is 273 g/mol. The summed E-state index contributed by atoms with van der Waals surface area (Å²) in [6.45, 7) is 4.01. The van der Waals surface area contributed by atoms with E-state index in [1.807, 2.05) is 25.3 Å². The van der Waals surface area contributed by atoms with Crippen molar-refractivity contribution >= 4 is 0 Å². The van der Waals surface area contributed by atoms with E-state index in [9.17, 15) is 4.39 Å². The molecule has 0 radical (unpaired) electrons. The van der Waals surface area contributed by atoms with E-state index in [0.717, 1.165) is 29.5 Å². The van der Waals surface area contributed by atoms with Gasteiger partial charge in [-0.05, 0) is 60.2 Å². The van der Waals surface area contributed by atoms with Crippen molar-refractivity contribution in [1.82, 2.24) is 10.4 Å². The molecule has 0 bridgehead atoms. The molecule has 3 N–H and O–H groups in total. The predicted molar refractivity (Wildman–Crippen MR) is 78.5 cm³/mol. The van der Waals surface area contributed by atoms with Crippen LogP contribution in [0, 0.1) is 12.7 Å². The van der Waals surface area contributed by atoms with Crippen LogP contribution < -0.4 is 11.3 Å². The molecule has 0 saturated carbocycles. The molecule has 1 aromatic heterocycles. The van der Waals surface area contributed by atoms with Crippen LogP contribution in [0.2, 0.25) is 0 Å². The zero-order valence-electron chi connectivity index (χ0n) is 11.9. The van der Waals surface area contributed by atoms with Gasteiger partial charge in [-0.1, -0.05) is 13.0 Å². The highest BCUT2D eigenvalue weighted by Gasteiger charge is 2.15. The van der Waals surface area contributed by atoms with Crippen LogP contribution in [-0.2, 0) is 12.8 Å². The SMILES string of the molecule is CCc1cnccc1C(Cc1ccc(F)cc1C)NN. The quantitative estimate of drug-likeness (QED) is 0.650. The Morgan fingerprint density at radius 2 is 2.10 bits per heavy atom. The van der Waals surface area contributed by atoms with Gasteiger partial charge in [-0.25, -0.2) is 4.39 Å². The molecule has 1 atom stereocenters. The van der Waals surface area contributed by atoms with Crippen LogP contribution in [-0.4, -0.2) is 4.98 Å². The number of halogens is 1. The van der Waals surface area contributed by atoms with Crippen molar-refractivity contribution in [3.63, 3.8) is 0 Å². The second-order valence-electron chi connectivity index (χ2n) is 4.92. The Bertz CT molecular complexity index is 584. The summed E-state index contributed by atoms with van der Waals surface area (Å²) in [5.41, 5.74) is 7.22. The van der Waals surface area contributed by atoms with Gasteiger partial charge in [0.15, 0.2) is 0 Å². The number of aryl methyl sites for hydroxylation is 2. The zero-order valence-corrected chi connectivity index (χ0v) is 11.9. The Hall–Kier alpha value is -1.78. The van der Waals surface area contributed by atoms with Gasteiger partial charge >= 0.3 is 0 Å². The lowest BCUT2D eigenvalue weighted by atomic mass is 9.93. The molecular formula is C16H20FN3. The normalized spacial score (nSPS) is 12.4. The Balaban J connectivity index is 2.29. The van der Waals surface area contributed by atoms with Gasteiger partial charge in [-0.15, -0.1) is 0 Å². The molecule has 0 saturated heterocycles. The van der Waals surface area contributed by atoms with Crippen LogP contribution in [0.1, 0.15) is 35.2 Å². The first-order valence-electron chi connectivity index (χ1n) is 6.79. The number of rotatable bonds is 5. The van der Waals surface area contributed by atoms with Crippen molar-refractivity contribution < 1.29 is 4.39 Å². The molecule has 0 aliphatic rings. The summed E-state index contributed by atoms with van der Waals surface area (Å²) in [6, 6.07) is 6.85. The van der Waals surface area contributed by atoms with E-state index in [0.29, 0.717) is 0 Å². The van der Waals surface area contributed by atoms with E-state index in [4.69, 9.17) is 5.84 Å². The van der Waals surface area contributed by atoms with Crippen LogP contribution in [0.15, 0.2) is 36.7 Å². The first kappa shape index (κ1) is 14.6. The molecule has 2 rings (SSSR count). The third-order valence-corrected chi connectivity index (χ3v) is 3.63. The topological polar surface area (TPSA) is 50.9 Å². The third-order valence-electron chi connectivity index (χ3n) is 3.63. The van der Waals surface area contributed by atoms with Gasteiger partial charge < -0.3 is 0 Å². The number of aromatic nitrogens is 1. The fourth-order valence-corrected chi connectivity index (χ4v) is 2.44. The summed E-state index contributed by atoms with van der Waals surface area (Å²) >= 11 is 0. The number of nitrogens with two attached hydrogens (primary N) is 1. The lowest BCUT2D eigenvalue weighted by Crippen LogP contribution is -2.30. The fourth-order valence-electron chi connectivity index (χ4n) is 2.44. The molecule has 1 aromatic carbocycles. The van der Waals surface area contributed by atoms with Crippen molar-refractivity contribution in [2.75, 3.05) is 0 Å². The molecule has 0 amide bonds. The van der Waals surface area contributed by atoms with Gasteiger partial charge in [0.2, 0.25) is 0 Å². The largest absolute Gasteiger partial charge is 0.271 e. The Kier molecular flexibility index (Phi) is 4.82. The van der Waals surface area contributed by atoms with Gasteiger partial charge in [-0.3, -0.25) is 16.3 Å². The molecule has 1 heterocycles. The van der Waals surface area contributed by atoms with E-state index < -0.39 is 0 Å². The predicted octanol–water partition coefficient (Wildman–Crippen LogP) is 2.84. The summed E-state index contributed by atoms with van der Waals surface area (Å²) in [5, 5.41) is 0. The maximum Gasteiger partial charge on any atom is 0.123 e. The minimum absolute atomic E-state index is 0.00267. The van der Waals surface area contributed by atoms with E-state index in [-0.39, 0.29) is 11.9 Å². The summed E-state index contributed by atoms with van der Waals surface area (Å²) in [5.74, 6) is 5.50. The molecule has 0 spiro atoms. The molecule has 0 fully saturated rings. The first-order valence-corrected chi connectivity index (χ1v) is 6.79. The van der Waals surface area contributed by atoms with Crippen LogP contribution in [0.25, 0.3) is 0 Å². The molecule has 106 valence electrons. The highest BCUT2D eigenvalue weighted by Crippen LogP contribution is 2.23. The number of benzene rings is 1. The molecule has 20 heavy (non-hydrogen) atoms. The number of hydrazine groups is 1. The molecule has 0 aliphatic heterocycles. The van der Waals surface area contributed by atoms with Crippen molar-refractivity contribution in [2.24, 2.45) is 5.84 Å². The van der Waals surface area contributed by atoms with E-state index in [1.54, 1.807) is 12.3 Å². The monoisotopic (exact) mass is 273 g/mol. The van der Waals surface area contributed by atoms with Crippen molar-refractivity contribution in [3.8, 4) is 0 Å². The Morgan fingerprint density at radius 1 is 1.30 bits per heavy atom. The molecular weight excluding hydrogens is 253 g/mol. The maximum atomic E-state index is 13.2. The molecule has 3 nitrogen and oxygen atoms in total. The number of nitrogens with zero attached hydrogens (tertiary/aromatic N) is 1. The second kappa shape index (κ2) is 6.59.